The van der Waals surface area contributed by atoms with Crippen molar-refractivity contribution in [1.29, 1.82) is 0 Å². The summed E-state index contributed by atoms with van der Waals surface area (Å²) >= 11 is 0. The number of hydrogen-bond acceptors (Lipinski definition) is 1. The maximum absolute atomic E-state index is 16.4. The summed E-state index contributed by atoms with van der Waals surface area (Å²) in [7, 11) is -6.84. The molecule has 0 aliphatic heterocycles. The van der Waals surface area contributed by atoms with Crippen molar-refractivity contribution in [3.05, 3.63) is 267 Å². The molecule has 1 atom stereocenters. The van der Waals surface area contributed by atoms with Crippen molar-refractivity contribution in [1.82, 2.24) is 0 Å². The molecule has 0 bridgehead atoms. The molecule has 60 heavy (non-hydrogen) atoms. The first kappa shape index (κ1) is 43.0. The molecule has 0 heterocycles. The van der Waals surface area contributed by atoms with Gasteiger partial charge in [0.15, 0.2) is 0 Å². The molecular weight excluding hydrogens is 962 g/mol. The molecule has 8 aromatic rings. The summed E-state index contributed by atoms with van der Waals surface area (Å²) in [5.74, 6) is 0. The molecule has 1 radical (unpaired) electrons. The van der Waals surface area contributed by atoms with Crippen LogP contribution in [0.4, 0.5) is 4.79 Å². The standard InChI is InChI=1S/C37H33OP2.C18H15P.Ir/c38-37(39(31-19-7-1-8-20-31,32-21-9-2-10-22-32)33-23-11-3-12-24-33)40(34-25-13-4-14-26-34,35-27-15-5-16-28-35)36-29-17-6-18-30-36;1-4-10-16(11-5-1)19(17-12-6-2-7-13-17)18-14-8-3-9-15-18;/h1-29,36,39H,30H2;1-15H;/q+1;;/p+1. The van der Waals surface area contributed by atoms with Gasteiger partial charge in [-0.3, -0.25) is 0 Å². The fraction of sp³-hybridized carbons (Fsp3) is 0.0364. The van der Waals surface area contributed by atoms with E-state index in [-0.39, 0.29) is 25.8 Å². The molecule has 0 saturated heterocycles. The van der Waals surface area contributed by atoms with Crippen LogP contribution in [0.2, 0.25) is 0 Å². The number of carbonyl (C=O) groups is 1. The summed E-state index contributed by atoms with van der Waals surface area (Å²) < 4.78 is 0. The van der Waals surface area contributed by atoms with Crippen LogP contribution in [-0.2, 0) is 20.1 Å². The molecule has 0 N–H and O–H groups in total. The Morgan fingerprint density at radius 3 is 1.02 bits per heavy atom. The van der Waals surface area contributed by atoms with Gasteiger partial charge in [-0.05, 0) is 36.4 Å². The topological polar surface area (TPSA) is 17.1 Å². The molecule has 0 aromatic heterocycles. The zero-order valence-electron chi connectivity index (χ0n) is 33.4. The molecule has 0 saturated carbocycles. The Morgan fingerprint density at radius 2 is 0.717 bits per heavy atom. The van der Waals surface area contributed by atoms with E-state index in [0.29, 0.717) is 5.27 Å². The average molecular weight is 1010 g/mol. The molecule has 8 aromatic carbocycles. The van der Waals surface area contributed by atoms with Crippen molar-refractivity contribution in [3.8, 4) is 0 Å². The maximum Gasteiger partial charge on any atom is 0.102 e. The van der Waals surface area contributed by atoms with E-state index in [1.54, 1.807) is 0 Å². The Hall–Kier alpha value is -5.15. The van der Waals surface area contributed by atoms with E-state index in [9.17, 15) is 0 Å². The van der Waals surface area contributed by atoms with Gasteiger partial charge in [-0.2, -0.15) is 0 Å². The predicted molar refractivity (Wildman–Crippen MR) is 264 cm³/mol. The summed E-state index contributed by atoms with van der Waals surface area (Å²) in [5.41, 5.74) is 0.0674. The Bertz CT molecular complexity index is 2340. The summed E-state index contributed by atoms with van der Waals surface area (Å²) in [6.07, 6.45) is 9.62. The van der Waals surface area contributed by atoms with Crippen molar-refractivity contribution >= 4 is 70.1 Å². The Balaban J connectivity index is 0.000000228. The van der Waals surface area contributed by atoms with E-state index in [4.69, 9.17) is 0 Å². The first-order valence-corrected chi connectivity index (χ1v) is 25.7. The first-order chi connectivity index (χ1) is 29.2. The summed E-state index contributed by atoms with van der Waals surface area (Å²) in [5, 5.41) is 10.4. The van der Waals surface area contributed by atoms with Gasteiger partial charge in [0.1, 0.15) is 15.9 Å². The molecule has 297 valence electrons. The van der Waals surface area contributed by atoms with Crippen molar-refractivity contribution in [2.75, 3.05) is 0 Å². The molecule has 0 fully saturated rings. The van der Waals surface area contributed by atoms with Gasteiger partial charge in [-0.15, -0.1) is 0 Å². The van der Waals surface area contributed by atoms with Crippen LogP contribution in [0.1, 0.15) is 6.42 Å². The number of benzene rings is 8. The van der Waals surface area contributed by atoms with Crippen LogP contribution in [0.3, 0.4) is 0 Å². The minimum Gasteiger partial charge on any atom is -0.0620 e. The summed E-state index contributed by atoms with van der Waals surface area (Å²) in [6.45, 7) is 0. The molecule has 1 aliphatic rings. The van der Waals surface area contributed by atoms with Crippen LogP contribution >= 0.6 is 22.4 Å². The predicted octanol–water partition coefficient (Wildman–Crippen LogP) is 10.6. The summed E-state index contributed by atoms with van der Waals surface area (Å²) in [4.78, 5) is 16.4. The molecule has 5 heteroatoms. The van der Waals surface area contributed by atoms with Gasteiger partial charge in [-0.25, -0.2) is 0 Å². The second kappa shape index (κ2) is 20.9. The van der Waals surface area contributed by atoms with Crippen LogP contribution < -0.4 is 42.4 Å². The van der Waals surface area contributed by atoms with Gasteiger partial charge in [0, 0.05) is 20.1 Å². The maximum atomic E-state index is 16.4. The monoisotopic (exact) mass is 1010 g/mol. The minimum atomic E-state index is -3.26. The van der Waals surface area contributed by atoms with E-state index in [1.165, 1.54) is 15.9 Å². The fourth-order valence-electron chi connectivity index (χ4n) is 8.61. The SMILES string of the molecule is O=C([P+](c1ccccc1)(c1ccccc1)C1C=CC=CC1)[PH](c1ccccc1)(c1ccccc1)c1ccccc1.[Ir].c1ccc([PH+](c2ccccc2)c2ccccc2)cc1. The van der Waals surface area contributed by atoms with E-state index in [2.05, 4.69) is 267 Å². The number of rotatable bonds is 11. The molecule has 0 amide bonds. The van der Waals surface area contributed by atoms with Crippen LogP contribution in [0.25, 0.3) is 0 Å². The Morgan fingerprint density at radius 1 is 0.417 bits per heavy atom. The molecule has 9 rings (SSSR count). The third-order valence-corrected chi connectivity index (χ3v) is 24.5. The van der Waals surface area contributed by atoms with Gasteiger partial charge in [0.05, 0.1) is 7.92 Å². The van der Waals surface area contributed by atoms with Gasteiger partial charge < -0.3 is 0 Å². The van der Waals surface area contributed by atoms with Crippen molar-refractivity contribution < 1.29 is 24.9 Å². The van der Waals surface area contributed by atoms with Crippen molar-refractivity contribution in [2.45, 2.75) is 12.1 Å². The zero-order valence-corrected chi connectivity index (χ0v) is 38.7. The normalized spacial score (nSPS) is 13.7. The van der Waals surface area contributed by atoms with Crippen molar-refractivity contribution in [3.63, 3.8) is 0 Å². The quantitative estimate of drug-likeness (QED) is 0.118. The van der Waals surface area contributed by atoms with Crippen LogP contribution in [0, 0.1) is 0 Å². The van der Waals surface area contributed by atoms with Gasteiger partial charge in [-0.1, -0.05) is 54.6 Å². The summed E-state index contributed by atoms with van der Waals surface area (Å²) in [6, 6.07) is 85.6. The number of hydrogen-bond donors (Lipinski definition) is 0. The van der Waals surface area contributed by atoms with Gasteiger partial charge in [0.2, 0.25) is 0 Å². The van der Waals surface area contributed by atoms with Crippen molar-refractivity contribution in [2.24, 2.45) is 0 Å². The zero-order chi connectivity index (χ0) is 40.2. The average Bonchev–Trinajstić information content (AvgIpc) is 3.33. The third-order valence-electron chi connectivity index (χ3n) is 11.2. The smallest absolute Gasteiger partial charge is 0.0620 e. The number of allylic oxidation sites excluding steroid dienone is 4. The van der Waals surface area contributed by atoms with Crippen LogP contribution in [0.15, 0.2) is 267 Å². The van der Waals surface area contributed by atoms with Crippen LogP contribution in [0.5, 0.6) is 0 Å². The fourth-order valence-corrected chi connectivity index (χ4v) is 23.5. The largest absolute Gasteiger partial charge is 0.102 e. The molecule has 1 nitrogen and oxygen atoms in total. The molecular formula is C55H49IrOP3+2. The van der Waals surface area contributed by atoms with E-state index >= 15 is 4.79 Å². The second-order valence-electron chi connectivity index (χ2n) is 14.6. The third kappa shape index (κ3) is 8.83. The van der Waals surface area contributed by atoms with E-state index in [0.717, 1.165) is 32.9 Å². The van der Waals surface area contributed by atoms with E-state index < -0.39 is 22.4 Å². The Labute approximate surface area is 371 Å². The van der Waals surface area contributed by atoms with E-state index in [1.807, 2.05) is 0 Å². The van der Waals surface area contributed by atoms with Gasteiger partial charge in [0.25, 0.3) is 0 Å². The van der Waals surface area contributed by atoms with Gasteiger partial charge >= 0.3 is 239 Å². The first-order valence-electron chi connectivity index (χ1n) is 20.3. The molecule has 0 spiro atoms. The van der Waals surface area contributed by atoms with Crippen LogP contribution in [-0.4, -0.2) is 10.9 Å². The Kier molecular flexibility index (Phi) is 15.0. The second-order valence-corrected chi connectivity index (χ2v) is 24.8. The molecule has 1 aliphatic carbocycles. The number of carbonyl (C=O) groups excluding carboxylic acids is 1. The minimum absolute atomic E-state index is 0. The molecule has 1 unspecified atom stereocenters.